The van der Waals surface area contributed by atoms with Crippen LogP contribution in [0.1, 0.15) is 43.0 Å². The van der Waals surface area contributed by atoms with E-state index in [9.17, 15) is 14.7 Å². The van der Waals surface area contributed by atoms with Crippen molar-refractivity contribution < 1.29 is 14.7 Å². The topological polar surface area (TPSA) is 92.4 Å². The molecule has 0 bridgehead atoms. The Morgan fingerprint density at radius 2 is 1.72 bits per heavy atom. The number of nitrogen functional groups attached to an aromatic ring is 1. The summed E-state index contributed by atoms with van der Waals surface area (Å²) in [5.41, 5.74) is 6.71. The second-order valence-electron chi connectivity index (χ2n) is 7.10. The number of hydrogen-bond donors (Lipinski definition) is 3. The van der Waals surface area contributed by atoms with E-state index in [1.54, 1.807) is 12.1 Å². The van der Waals surface area contributed by atoms with Crippen LogP contribution >= 0.6 is 0 Å². The van der Waals surface area contributed by atoms with E-state index in [0.717, 1.165) is 36.5 Å². The van der Waals surface area contributed by atoms with Gasteiger partial charge in [0.15, 0.2) is 0 Å². The molecule has 0 saturated heterocycles. The fourth-order valence-electron chi connectivity index (χ4n) is 3.67. The minimum absolute atomic E-state index is 0.0284. The number of benzene rings is 2. The van der Waals surface area contributed by atoms with E-state index in [1.807, 2.05) is 24.3 Å². The van der Waals surface area contributed by atoms with Gasteiger partial charge < -0.3 is 16.2 Å². The standard InChI is InChI=1S/C20H24N2O3/c1-12-6-8-13(9-7-12)18(20(24)25)22-19(23)16-10-14-4-2-3-5-15(14)11-17(16)21/h2-5,10-13,18H,6-9,21H2,1H3,(H,22,23)(H,24,25)/t12?,13?,18-/m0/s1. The Labute approximate surface area is 147 Å². The van der Waals surface area contributed by atoms with Gasteiger partial charge in [0.25, 0.3) is 5.91 Å². The number of fused-ring (bicyclic) bond motifs is 1. The molecule has 0 aliphatic heterocycles. The van der Waals surface area contributed by atoms with Crippen LogP contribution in [0.3, 0.4) is 0 Å². The van der Waals surface area contributed by atoms with Crippen molar-refractivity contribution in [3.8, 4) is 0 Å². The molecule has 2 aromatic carbocycles. The third kappa shape index (κ3) is 3.76. The maximum Gasteiger partial charge on any atom is 0.326 e. The molecule has 3 rings (SSSR count). The minimum atomic E-state index is -0.979. The summed E-state index contributed by atoms with van der Waals surface area (Å²) in [5.74, 6) is -0.807. The number of rotatable bonds is 4. The number of nitrogens with two attached hydrogens (primary N) is 1. The zero-order valence-electron chi connectivity index (χ0n) is 14.4. The zero-order chi connectivity index (χ0) is 18.0. The summed E-state index contributed by atoms with van der Waals surface area (Å²) in [6, 6.07) is 10.2. The van der Waals surface area contributed by atoms with E-state index < -0.39 is 17.9 Å². The number of carbonyl (C=O) groups is 2. The summed E-state index contributed by atoms with van der Waals surface area (Å²) in [7, 11) is 0. The molecule has 1 atom stereocenters. The first kappa shape index (κ1) is 17.3. The minimum Gasteiger partial charge on any atom is -0.480 e. The lowest BCUT2D eigenvalue weighted by molar-refractivity contribution is -0.141. The molecule has 5 nitrogen and oxygen atoms in total. The van der Waals surface area contributed by atoms with Gasteiger partial charge in [0.2, 0.25) is 0 Å². The summed E-state index contributed by atoms with van der Waals surface area (Å²) in [6.07, 6.45) is 3.65. The van der Waals surface area contributed by atoms with Crippen LogP contribution in [0.5, 0.6) is 0 Å². The molecule has 1 aliphatic carbocycles. The Balaban J connectivity index is 1.82. The van der Waals surface area contributed by atoms with Crippen LogP contribution < -0.4 is 11.1 Å². The molecule has 0 radical (unpaired) electrons. The van der Waals surface area contributed by atoms with Crippen molar-refractivity contribution >= 4 is 28.3 Å². The number of nitrogens with one attached hydrogen (secondary N) is 1. The molecule has 1 amide bonds. The molecule has 0 unspecified atom stereocenters. The first-order chi connectivity index (χ1) is 12.0. The first-order valence-electron chi connectivity index (χ1n) is 8.77. The third-order valence-electron chi connectivity index (χ3n) is 5.25. The lowest BCUT2D eigenvalue weighted by Gasteiger charge is -2.31. The normalized spacial score (nSPS) is 21.6. The summed E-state index contributed by atoms with van der Waals surface area (Å²) in [4.78, 5) is 24.4. The van der Waals surface area contributed by atoms with Gasteiger partial charge in [-0.2, -0.15) is 0 Å². The predicted molar refractivity (Wildman–Crippen MR) is 98.4 cm³/mol. The average molecular weight is 340 g/mol. The predicted octanol–water partition coefficient (Wildman–Crippen LogP) is 3.43. The SMILES string of the molecule is CC1CCC([C@H](NC(=O)c2cc3ccccc3cc2N)C(=O)O)CC1. The maximum absolute atomic E-state index is 12.7. The Morgan fingerprint density at radius 3 is 2.32 bits per heavy atom. The number of carboxylic acids is 1. The molecule has 25 heavy (non-hydrogen) atoms. The lowest BCUT2D eigenvalue weighted by Crippen LogP contribution is -2.47. The number of hydrogen-bond acceptors (Lipinski definition) is 3. The van der Waals surface area contributed by atoms with E-state index in [4.69, 9.17) is 5.73 Å². The summed E-state index contributed by atoms with van der Waals surface area (Å²) >= 11 is 0. The fraction of sp³-hybridized carbons (Fsp3) is 0.400. The second kappa shape index (κ2) is 7.13. The highest BCUT2D eigenvalue weighted by Gasteiger charge is 2.32. The highest BCUT2D eigenvalue weighted by Crippen LogP contribution is 2.31. The smallest absolute Gasteiger partial charge is 0.326 e. The van der Waals surface area contributed by atoms with Gasteiger partial charge in [-0.25, -0.2) is 4.79 Å². The molecule has 1 aliphatic rings. The molecular weight excluding hydrogens is 316 g/mol. The zero-order valence-corrected chi connectivity index (χ0v) is 14.4. The van der Waals surface area contributed by atoms with Gasteiger partial charge in [-0.15, -0.1) is 0 Å². The van der Waals surface area contributed by atoms with Crippen molar-refractivity contribution in [2.45, 2.75) is 38.6 Å². The van der Waals surface area contributed by atoms with Gasteiger partial charge in [-0.3, -0.25) is 4.79 Å². The van der Waals surface area contributed by atoms with Crippen molar-refractivity contribution in [1.29, 1.82) is 0 Å². The van der Waals surface area contributed by atoms with E-state index in [0.29, 0.717) is 17.2 Å². The molecule has 0 heterocycles. The molecule has 0 aromatic heterocycles. The van der Waals surface area contributed by atoms with Crippen LogP contribution in [0.4, 0.5) is 5.69 Å². The van der Waals surface area contributed by atoms with Crippen LogP contribution in [-0.2, 0) is 4.79 Å². The van der Waals surface area contributed by atoms with Gasteiger partial charge in [0.05, 0.1) is 5.56 Å². The van der Waals surface area contributed by atoms with E-state index in [2.05, 4.69) is 12.2 Å². The number of carboxylic acid groups (broad SMARTS) is 1. The van der Waals surface area contributed by atoms with Gasteiger partial charge in [-0.05, 0) is 47.6 Å². The first-order valence-corrected chi connectivity index (χ1v) is 8.77. The average Bonchev–Trinajstić information content (AvgIpc) is 2.59. The highest BCUT2D eigenvalue weighted by molar-refractivity contribution is 6.05. The molecule has 1 fully saturated rings. The number of amides is 1. The van der Waals surface area contributed by atoms with Crippen LogP contribution in [0, 0.1) is 11.8 Å². The number of aliphatic carboxylic acids is 1. The van der Waals surface area contributed by atoms with E-state index >= 15 is 0 Å². The molecule has 2 aromatic rings. The van der Waals surface area contributed by atoms with Crippen LogP contribution in [0.15, 0.2) is 36.4 Å². The van der Waals surface area contributed by atoms with Crippen LogP contribution in [-0.4, -0.2) is 23.0 Å². The summed E-state index contributed by atoms with van der Waals surface area (Å²) in [6.45, 7) is 2.18. The quantitative estimate of drug-likeness (QED) is 0.744. The van der Waals surface area contributed by atoms with Crippen molar-refractivity contribution in [3.05, 3.63) is 42.0 Å². The lowest BCUT2D eigenvalue weighted by atomic mass is 9.79. The van der Waals surface area contributed by atoms with Crippen molar-refractivity contribution in [2.24, 2.45) is 11.8 Å². The van der Waals surface area contributed by atoms with Gasteiger partial charge in [0.1, 0.15) is 6.04 Å². The van der Waals surface area contributed by atoms with Crippen molar-refractivity contribution in [2.75, 3.05) is 5.73 Å². The maximum atomic E-state index is 12.7. The van der Waals surface area contributed by atoms with Gasteiger partial charge in [-0.1, -0.05) is 44.0 Å². The highest BCUT2D eigenvalue weighted by atomic mass is 16.4. The van der Waals surface area contributed by atoms with Gasteiger partial charge in [0, 0.05) is 5.69 Å². The Morgan fingerprint density at radius 1 is 1.12 bits per heavy atom. The van der Waals surface area contributed by atoms with Crippen molar-refractivity contribution in [1.82, 2.24) is 5.32 Å². The number of carbonyl (C=O) groups excluding carboxylic acids is 1. The molecule has 5 heteroatoms. The van der Waals surface area contributed by atoms with Crippen LogP contribution in [0.2, 0.25) is 0 Å². The Bertz CT molecular complexity index is 795. The molecular formula is C20H24N2O3. The van der Waals surface area contributed by atoms with E-state index in [1.165, 1.54) is 0 Å². The molecule has 1 saturated carbocycles. The Kier molecular flexibility index (Phi) is 4.93. The molecule has 132 valence electrons. The Hall–Kier alpha value is -2.56. The summed E-state index contributed by atoms with van der Waals surface area (Å²) in [5, 5.41) is 14.1. The van der Waals surface area contributed by atoms with Gasteiger partial charge >= 0.3 is 5.97 Å². The fourth-order valence-corrected chi connectivity index (χ4v) is 3.67. The van der Waals surface area contributed by atoms with E-state index in [-0.39, 0.29) is 5.92 Å². The summed E-state index contributed by atoms with van der Waals surface area (Å²) < 4.78 is 0. The monoisotopic (exact) mass is 340 g/mol. The molecule has 0 spiro atoms. The van der Waals surface area contributed by atoms with Crippen LogP contribution in [0.25, 0.3) is 10.8 Å². The second-order valence-corrected chi connectivity index (χ2v) is 7.10. The van der Waals surface area contributed by atoms with Crippen molar-refractivity contribution in [3.63, 3.8) is 0 Å². The largest absolute Gasteiger partial charge is 0.480 e. The third-order valence-corrected chi connectivity index (χ3v) is 5.25. The molecule has 4 N–H and O–H groups in total. The number of anilines is 1.